The minimum atomic E-state index is -0.801. The lowest BCUT2D eigenvalue weighted by molar-refractivity contribution is -0.167. The highest BCUT2D eigenvalue weighted by molar-refractivity contribution is 5.71. The zero-order valence-corrected chi connectivity index (χ0v) is 33.3. The number of hydrogen-bond acceptors (Lipinski definition) is 6. The number of carbonyl (C=O) groups is 3. The molecule has 1 unspecified atom stereocenters. The topological polar surface area (TPSA) is 78.9 Å². The van der Waals surface area contributed by atoms with Crippen molar-refractivity contribution < 1.29 is 28.6 Å². The van der Waals surface area contributed by atoms with Gasteiger partial charge in [-0.15, -0.1) is 0 Å². The SMILES string of the molecule is CC\C=C/C=C\C=C/C=C\CCCCCCCC(=O)OCC(COC(=O)CCCC/C=C\C/C=C\CC)OC(=O)CCCCCC/C=C\CCCC. The van der Waals surface area contributed by atoms with Crippen LogP contribution in [0, 0.1) is 0 Å². The second-order valence-electron chi connectivity index (χ2n) is 13.2. The molecule has 0 aliphatic carbocycles. The largest absolute Gasteiger partial charge is 0.462 e. The first-order chi connectivity index (χ1) is 25.5. The molecule has 0 spiro atoms. The van der Waals surface area contributed by atoms with Crippen LogP contribution in [0.25, 0.3) is 0 Å². The second kappa shape index (κ2) is 40.4. The molecule has 0 heterocycles. The van der Waals surface area contributed by atoms with Crippen molar-refractivity contribution in [2.45, 2.75) is 175 Å². The third-order valence-corrected chi connectivity index (χ3v) is 8.21. The molecule has 6 heteroatoms. The number of esters is 3. The van der Waals surface area contributed by atoms with Crippen molar-refractivity contribution in [3.63, 3.8) is 0 Å². The third-order valence-electron chi connectivity index (χ3n) is 8.21. The fourth-order valence-corrected chi connectivity index (χ4v) is 5.11. The number of carbonyl (C=O) groups excluding carboxylic acids is 3. The van der Waals surface area contributed by atoms with Crippen molar-refractivity contribution in [3.05, 3.63) is 85.1 Å². The van der Waals surface area contributed by atoms with Crippen LogP contribution in [-0.2, 0) is 28.6 Å². The van der Waals surface area contributed by atoms with Crippen LogP contribution in [0.2, 0.25) is 0 Å². The number of rotatable bonds is 35. The maximum atomic E-state index is 12.6. The molecule has 0 aromatic carbocycles. The Morgan fingerprint density at radius 1 is 0.423 bits per heavy atom. The maximum Gasteiger partial charge on any atom is 0.306 e. The van der Waals surface area contributed by atoms with Gasteiger partial charge in [0.25, 0.3) is 0 Å². The second-order valence-corrected chi connectivity index (χ2v) is 13.2. The van der Waals surface area contributed by atoms with Crippen molar-refractivity contribution in [1.29, 1.82) is 0 Å². The van der Waals surface area contributed by atoms with E-state index in [9.17, 15) is 14.4 Å². The average molecular weight is 723 g/mol. The molecule has 52 heavy (non-hydrogen) atoms. The minimum Gasteiger partial charge on any atom is -0.462 e. The van der Waals surface area contributed by atoms with Crippen LogP contribution in [-0.4, -0.2) is 37.2 Å². The summed E-state index contributed by atoms with van der Waals surface area (Å²) in [6.07, 6.45) is 50.1. The summed E-state index contributed by atoms with van der Waals surface area (Å²) in [6.45, 7) is 6.23. The van der Waals surface area contributed by atoms with Gasteiger partial charge in [-0.05, 0) is 83.5 Å². The molecule has 0 aliphatic rings. The highest BCUT2D eigenvalue weighted by atomic mass is 16.6. The molecule has 1 atom stereocenters. The summed E-state index contributed by atoms with van der Waals surface area (Å²) in [6, 6.07) is 0. The highest BCUT2D eigenvalue weighted by Gasteiger charge is 2.19. The van der Waals surface area contributed by atoms with Crippen LogP contribution in [0.4, 0.5) is 0 Å². The van der Waals surface area contributed by atoms with Gasteiger partial charge in [0.1, 0.15) is 13.2 Å². The van der Waals surface area contributed by atoms with Gasteiger partial charge in [-0.2, -0.15) is 0 Å². The fraction of sp³-hybridized carbons (Fsp3) is 0.630. The first-order valence-corrected chi connectivity index (χ1v) is 20.6. The van der Waals surface area contributed by atoms with E-state index in [1.165, 1.54) is 12.8 Å². The number of hydrogen-bond donors (Lipinski definition) is 0. The first-order valence-electron chi connectivity index (χ1n) is 20.6. The number of unbranched alkanes of at least 4 members (excludes halogenated alkanes) is 13. The molecule has 0 aromatic rings. The zero-order valence-electron chi connectivity index (χ0n) is 33.3. The quantitative estimate of drug-likeness (QED) is 0.0213. The maximum absolute atomic E-state index is 12.6. The lowest BCUT2D eigenvalue weighted by Gasteiger charge is -2.18. The summed E-state index contributed by atoms with van der Waals surface area (Å²) in [5.41, 5.74) is 0. The van der Waals surface area contributed by atoms with Crippen molar-refractivity contribution in [3.8, 4) is 0 Å². The van der Waals surface area contributed by atoms with Crippen LogP contribution in [0.1, 0.15) is 168 Å². The molecule has 0 aliphatic heterocycles. The molecule has 0 bridgehead atoms. The van der Waals surface area contributed by atoms with Crippen molar-refractivity contribution in [1.82, 2.24) is 0 Å². The molecule has 0 rings (SSSR count). The van der Waals surface area contributed by atoms with E-state index < -0.39 is 6.10 Å². The van der Waals surface area contributed by atoms with E-state index in [1.807, 2.05) is 24.3 Å². The van der Waals surface area contributed by atoms with E-state index in [1.54, 1.807) is 0 Å². The van der Waals surface area contributed by atoms with Gasteiger partial charge in [0.05, 0.1) is 0 Å². The Morgan fingerprint density at radius 2 is 0.846 bits per heavy atom. The van der Waals surface area contributed by atoms with Crippen molar-refractivity contribution in [2.24, 2.45) is 0 Å². The lowest BCUT2D eigenvalue weighted by Crippen LogP contribution is -2.30. The minimum absolute atomic E-state index is 0.106. The van der Waals surface area contributed by atoms with E-state index in [4.69, 9.17) is 14.2 Å². The Hall–Kier alpha value is -3.41. The summed E-state index contributed by atoms with van der Waals surface area (Å²) in [4.78, 5) is 37.5. The highest BCUT2D eigenvalue weighted by Crippen LogP contribution is 2.12. The molecular weight excluding hydrogens is 648 g/mol. The smallest absolute Gasteiger partial charge is 0.306 e. The molecule has 0 fully saturated rings. The molecule has 0 N–H and O–H groups in total. The predicted molar refractivity (Wildman–Crippen MR) is 219 cm³/mol. The number of allylic oxidation sites excluding steroid dienone is 14. The summed E-state index contributed by atoms with van der Waals surface area (Å²) in [5, 5.41) is 0. The van der Waals surface area contributed by atoms with Crippen LogP contribution < -0.4 is 0 Å². The Labute approximate surface area is 318 Å². The van der Waals surface area contributed by atoms with E-state index in [-0.39, 0.29) is 31.1 Å². The Balaban J connectivity index is 4.46. The Kier molecular flexibility index (Phi) is 37.7. The summed E-state index contributed by atoms with van der Waals surface area (Å²) >= 11 is 0. The molecule has 0 saturated heterocycles. The zero-order chi connectivity index (χ0) is 38.0. The summed E-state index contributed by atoms with van der Waals surface area (Å²) < 4.78 is 16.5. The molecular formula is C46H74O6. The van der Waals surface area contributed by atoms with Gasteiger partial charge in [0.2, 0.25) is 0 Å². The van der Waals surface area contributed by atoms with Crippen LogP contribution in [0.3, 0.4) is 0 Å². The van der Waals surface area contributed by atoms with Crippen molar-refractivity contribution in [2.75, 3.05) is 13.2 Å². The van der Waals surface area contributed by atoms with Gasteiger partial charge in [-0.1, -0.05) is 151 Å². The molecule has 6 nitrogen and oxygen atoms in total. The monoisotopic (exact) mass is 723 g/mol. The predicted octanol–water partition coefficient (Wildman–Crippen LogP) is 12.9. The van der Waals surface area contributed by atoms with Gasteiger partial charge in [-0.3, -0.25) is 14.4 Å². The third kappa shape index (κ3) is 37.8. The normalized spacial score (nSPS) is 12.9. The van der Waals surface area contributed by atoms with E-state index in [2.05, 4.69) is 81.5 Å². The van der Waals surface area contributed by atoms with Crippen LogP contribution in [0.15, 0.2) is 85.1 Å². The molecule has 0 saturated carbocycles. The van der Waals surface area contributed by atoms with Gasteiger partial charge in [0, 0.05) is 19.3 Å². The lowest BCUT2D eigenvalue weighted by atomic mass is 10.1. The molecule has 294 valence electrons. The van der Waals surface area contributed by atoms with Gasteiger partial charge in [0.15, 0.2) is 6.10 Å². The van der Waals surface area contributed by atoms with Crippen LogP contribution >= 0.6 is 0 Å². The summed E-state index contributed by atoms with van der Waals surface area (Å²) in [5.74, 6) is -0.992. The van der Waals surface area contributed by atoms with Gasteiger partial charge >= 0.3 is 17.9 Å². The molecule has 0 amide bonds. The van der Waals surface area contributed by atoms with E-state index in [0.29, 0.717) is 19.3 Å². The summed E-state index contributed by atoms with van der Waals surface area (Å²) in [7, 11) is 0. The first kappa shape index (κ1) is 48.6. The average Bonchev–Trinajstić information content (AvgIpc) is 3.14. The van der Waals surface area contributed by atoms with E-state index >= 15 is 0 Å². The molecule has 0 aromatic heterocycles. The Bertz CT molecular complexity index is 1060. The fourth-order valence-electron chi connectivity index (χ4n) is 5.11. The van der Waals surface area contributed by atoms with Crippen LogP contribution in [0.5, 0.6) is 0 Å². The standard InChI is InChI=1S/C46H74O6/c1-4-7-10-13-16-19-21-22-23-24-25-28-30-33-36-39-45(48)51-42-43(41-50-44(47)38-35-32-29-26-18-15-12-9-6-3)52-46(49)40-37-34-31-27-20-17-14-11-8-5-2/h7,9-10,12-14,16-19,21-23,26,43H,4-6,8,11,15,20,24-25,27-42H2,1-3H3/b10-7-,12-9-,16-13-,17-14-,21-19-,23-22-,26-18-. The van der Waals surface area contributed by atoms with E-state index in [0.717, 1.165) is 116 Å². The van der Waals surface area contributed by atoms with Crippen molar-refractivity contribution >= 4 is 17.9 Å². The number of ether oxygens (including phenoxy) is 3. The van der Waals surface area contributed by atoms with Gasteiger partial charge in [-0.25, -0.2) is 0 Å². The molecule has 0 radical (unpaired) electrons. The Morgan fingerprint density at radius 3 is 1.44 bits per heavy atom. The van der Waals surface area contributed by atoms with Gasteiger partial charge < -0.3 is 14.2 Å².